The van der Waals surface area contributed by atoms with Crippen LogP contribution in [0.5, 0.6) is 0 Å². The van der Waals surface area contributed by atoms with Crippen molar-refractivity contribution in [3.8, 4) is 0 Å². The van der Waals surface area contributed by atoms with Gasteiger partial charge in [0.15, 0.2) is 0 Å². The van der Waals surface area contributed by atoms with E-state index in [1.165, 1.54) is 0 Å². The van der Waals surface area contributed by atoms with Gasteiger partial charge in [0, 0.05) is 12.3 Å². The quantitative estimate of drug-likeness (QED) is 0.731. The number of amides is 3. The molecule has 6 nitrogen and oxygen atoms in total. The molecule has 1 fully saturated rings. The van der Waals surface area contributed by atoms with Gasteiger partial charge in [0.05, 0.1) is 0 Å². The van der Waals surface area contributed by atoms with Crippen LogP contribution < -0.4 is 10.6 Å². The number of benzene rings is 2. The predicted molar refractivity (Wildman–Crippen MR) is 113 cm³/mol. The largest absolute Gasteiger partial charge is 0.445 e. The molecule has 0 heterocycles. The zero-order valence-electron chi connectivity index (χ0n) is 17.0. The van der Waals surface area contributed by atoms with Crippen LogP contribution in [0, 0.1) is 5.92 Å². The Morgan fingerprint density at radius 1 is 0.867 bits per heavy atom. The van der Waals surface area contributed by atoms with Crippen LogP contribution in [0.1, 0.15) is 43.2 Å². The van der Waals surface area contributed by atoms with Crippen LogP contribution in [0.4, 0.5) is 4.79 Å². The van der Waals surface area contributed by atoms with Gasteiger partial charge in [-0.25, -0.2) is 4.79 Å². The standard InChI is InChI=1S/C24H28N2O4/c27-22(20-14-8-3-9-15-20)26-23(28)21(16-18-10-4-1-5-11-18)25-24(29)30-17-19-12-6-2-7-13-19/h1-2,4-7,10-13,20-21H,3,8-9,14-17H2,(H,25,29)(H,26,27,28)/t21-/m0/s1. The smallest absolute Gasteiger partial charge is 0.408 e. The molecule has 3 amide bonds. The molecule has 0 bridgehead atoms. The Labute approximate surface area is 177 Å². The number of hydrogen-bond donors (Lipinski definition) is 2. The first-order valence-corrected chi connectivity index (χ1v) is 10.5. The summed E-state index contributed by atoms with van der Waals surface area (Å²) in [7, 11) is 0. The van der Waals surface area contributed by atoms with E-state index in [0.717, 1.165) is 43.2 Å². The summed E-state index contributed by atoms with van der Waals surface area (Å²) >= 11 is 0. The molecule has 158 valence electrons. The molecule has 0 unspecified atom stereocenters. The highest BCUT2D eigenvalue weighted by molar-refractivity contribution is 5.99. The molecule has 0 radical (unpaired) electrons. The minimum Gasteiger partial charge on any atom is -0.445 e. The minimum absolute atomic E-state index is 0.105. The van der Waals surface area contributed by atoms with Crippen LogP contribution in [0.25, 0.3) is 0 Å². The van der Waals surface area contributed by atoms with Gasteiger partial charge in [0.1, 0.15) is 12.6 Å². The summed E-state index contributed by atoms with van der Waals surface area (Å²) in [6, 6.07) is 17.8. The van der Waals surface area contributed by atoms with Gasteiger partial charge in [0.25, 0.3) is 0 Å². The molecule has 1 saturated carbocycles. The third-order valence-electron chi connectivity index (χ3n) is 5.33. The van der Waals surface area contributed by atoms with Crippen molar-refractivity contribution < 1.29 is 19.1 Å². The molecule has 30 heavy (non-hydrogen) atoms. The summed E-state index contributed by atoms with van der Waals surface area (Å²) in [5.41, 5.74) is 1.73. The van der Waals surface area contributed by atoms with Crippen molar-refractivity contribution in [1.29, 1.82) is 0 Å². The van der Waals surface area contributed by atoms with E-state index in [-0.39, 0.29) is 24.9 Å². The molecule has 0 aliphatic heterocycles. The maximum absolute atomic E-state index is 12.8. The number of carbonyl (C=O) groups excluding carboxylic acids is 3. The van der Waals surface area contributed by atoms with E-state index in [9.17, 15) is 14.4 Å². The van der Waals surface area contributed by atoms with Gasteiger partial charge in [-0.3, -0.25) is 14.9 Å². The first-order valence-electron chi connectivity index (χ1n) is 10.5. The third kappa shape index (κ3) is 6.72. The van der Waals surface area contributed by atoms with Gasteiger partial charge in [-0.1, -0.05) is 79.9 Å². The summed E-state index contributed by atoms with van der Waals surface area (Å²) in [5.74, 6) is -0.895. The molecule has 2 N–H and O–H groups in total. The Kier molecular flexibility index (Phi) is 8.01. The topological polar surface area (TPSA) is 84.5 Å². The zero-order chi connectivity index (χ0) is 21.2. The van der Waals surface area contributed by atoms with Crippen molar-refractivity contribution >= 4 is 17.9 Å². The van der Waals surface area contributed by atoms with Crippen molar-refractivity contribution in [3.05, 3.63) is 71.8 Å². The normalized spacial score (nSPS) is 15.1. The Morgan fingerprint density at radius 3 is 2.10 bits per heavy atom. The Morgan fingerprint density at radius 2 is 1.47 bits per heavy atom. The van der Waals surface area contributed by atoms with Gasteiger partial charge >= 0.3 is 6.09 Å². The van der Waals surface area contributed by atoms with Crippen molar-refractivity contribution in [1.82, 2.24) is 10.6 Å². The van der Waals surface area contributed by atoms with Crippen LogP contribution >= 0.6 is 0 Å². The van der Waals surface area contributed by atoms with Crippen LogP contribution in [0.3, 0.4) is 0 Å². The van der Waals surface area contributed by atoms with E-state index in [1.807, 2.05) is 60.7 Å². The van der Waals surface area contributed by atoms with Gasteiger partial charge in [-0.2, -0.15) is 0 Å². The molecular weight excluding hydrogens is 380 g/mol. The van der Waals surface area contributed by atoms with E-state index in [2.05, 4.69) is 10.6 Å². The first kappa shape index (κ1) is 21.6. The second-order valence-electron chi connectivity index (χ2n) is 7.64. The molecule has 3 rings (SSSR count). The summed E-state index contributed by atoms with van der Waals surface area (Å²) < 4.78 is 5.25. The van der Waals surface area contributed by atoms with Gasteiger partial charge in [0.2, 0.25) is 11.8 Å². The molecule has 0 saturated heterocycles. The number of hydrogen-bond acceptors (Lipinski definition) is 4. The molecule has 1 atom stereocenters. The minimum atomic E-state index is -0.900. The van der Waals surface area contributed by atoms with Gasteiger partial charge in [-0.05, 0) is 24.0 Å². The second-order valence-corrected chi connectivity index (χ2v) is 7.64. The molecular formula is C24H28N2O4. The van der Waals surface area contributed by atoms with E-state index in [1.54, 1.807) is 0 Å². The molecule has 1 aliphatic carbocycles. The second kappa shape index (κ2) is 11.1. The van der Waals surface area contributed by atoms with E-state index in [0.29, 0.717) is 0 Å². The molecule has 1 aliphatic rings. The predicted octanol–water partition coefficient (Wildman–Crippen LogP) is 3.75. The lowest BCUT2D eigenvalue weighted by atomic mass is 9.88. The number of alkyl carbamates (subject to hydrolysis) is 1. The molecule has 2 aromatic rings. The van der Waals surface area contributed by atoms with E-state index < -0.39 is 18.0 Å². The maximum atomic E-state index is 12.8. The number of carbonyl (C=O) groups is 3. The summed E-state index contributed by atoms with van der Waals surface area (Å²) in [4.78, 5) is 37.6. The fourth-order valence-electron chi connectivity index (χ4n) is 3.64. The summed E-state index contributed by atoms with van der Waals surface area (Å²) in [6.07, 6.45) is 4.31. The molecule has 0 aromatic heterocycles. The number of rotatable bonds is 7. The fourth-order valence-corrected chi connectivity index (χ4v) is 3.64. The van der Waals surface area contributed by atoms with Gasteiger partial charge in [-0.15, -0.1) is 0 Å². The SMILES string of the molecule is O=C(N[C@@H](Cc1ccccc1)C(=O)NC(=O)C1CCCCC1)OCc1ccccc1. The van der Waals surface area contributed by atoms with Crippen LogP contribution in [-0.2, 0) is 27.4 Å². The summed E-state index contributed by atoms with van der Waals surface area (Å²) in [6.45, 7) is 0.105. The average Bonchev–Trinajstić information content (AvgIpc) is 2.79. The number of ether oxygens (including phenoxy) is 1. The number of nitrogens with one attached hydrogen (secondary N) is 2. The highest BCUT2D eigenvalue weighted by Gasteiger charge is 2.27. The van der Waals surface area contributed by atoms with Crippen LogP contribution in [-0.4, -0.2) is 23.9 Å². The lowest BCUT2D eigenvalue weighted by molar-refractivity contribution is -0.134. The Hall–Kier alpha value is -3.15. The van der Waals surface area contributed by atoms with Crippen molar-refractivity contribution in [3.63, 3.8) is 0 Å². The average molecular weight is 408 g/mol. The lowest BCUT2D eigenvalue weighted by Crippen LogP contribution is -2.51. The molecule has 0 spiro atoms. The van der Waals surface area contributed by atoms with E-state index >= 15 is 0 Å². The number of imide groups is 1. The monoisotopic (exact) mass is 408 g/mol. The lowest BCUT2D eigenvalue weighted by Gasteiger charge is -2.22. The van der Waals surface area contributed by atoms with Gasteiger partial charge < -0.3 is 10.1 Å². The summed E-state index contributed by atoms with van der Waals surface area (Å²) in [5, 5.41) is 5.12. The van der Waals surface area contributed by atoms with Crippen molar-refractivity contribution in [2.75, 3.05) is 0 Å². The Balaban J connectivity index is 1.60. The highest BCUT2D eigenvalue weighted by atomic mass is 16.5. The highest BCUT2D eigenvalue weighted by Crippen LogP contribution is 2.23. The Bertz CT molecular complexity index is 833. The van der Waals surface area contributed by atoms with Crippen molar-refractivity contribution in [2.24, 2.45) is 5.92 Å². The molecule has 6 heteroatoms. The zero-order valence-corrected chi connectivity index (χ0v) is 17.0. The fraction of sp³-hybridized carbons (Fsp3) is 0.375. The third-order valence-corrected chi connectivity index (χ3v) is 5.33. The maximum Gasteiger partial charge on any atom is 0.408 e. The van der Waals surface area contributed by atoms with E-state index in [4.69, 9.17) is 4.74 Å². The van der Waals surface area contributed by atoms with Crippen molar-refractivity contribution in [2.45, 2.75) is 51.2 Å². The van der Waals surface area contributed by atoms with Crippen LogP contribution in [0.2, 0.25) is 0 Å². The first-order chi connectivity index (χ1) is 14.6. The van der Waals surface area contributed by atoms with Crippen LogP contribution in [0.15, 0.2) is 60.7 Å². The molecule has 2 aromatic carbocycles.